The van der Waals surface area contributed by atoms with Crippen molar-refractivity contribution in [3.05, 3.63) is 29.1 Å². The van der Waals surface area contributed by atoms with E-state index in [1.807, 2.05) is 13.8 Å². The number of nitrogens with two attached hydrogens (primary N) is 1. The van der Waals surface area contributed by atoms with Gasteiger partial charge in [-0.1, -0.05) is 19.9 Å². The van der Waals surface area contributed by atoms with Crippen molar-refractivity contribution in [3.8, 4) is 5.75 Å². The number of carboxylic acid groups (broad SMARTS) is 1. The number of carbonyl (C=O) groups is 3. The summed E-state index contributed by atoms with van der Waals surface area (Å²) in [7, 11) is 0. The Hall–Kier alpha value is -2.84. The van der Waals surface area contributed by atoms with Gasteiger partial charge in [-0.25, -0.2) is 9.18 Å². The third kappa shape index (κ3) is 12.8. The zero-order valence-electron chi connectivity index (χ0n) is 19.9. The molecule has 4 N–H and O–H groups in total. The van der Waals surface area contributed by atoms with Crippen LogP contribution in [0.15, 0.2) is 12.1 Å². The van der Waals surface area contributed by atoms with Crippen LogP contribution in [0.4, 0.5) is 9.18 Å². The number of carboxylic acids is 1. The van der Waals surface area contributed by atoms with Crippen LogP contribution in [0.25, 0.3) is 0 Å². The lowest BCUT2D eigenvalue weighted by Crippen LogP contribution is -2.42. The summed E-state index contributed by atoms with van der Waals surface area (Å²) in [5.41, 5.74) is 5.60. The number of primary amides is 1. The van der Waals surface area contributed by atoms with E-state index < -0.39 is 35.4 Å². The SMILES string of the molecule is CC.Cc1cc(CCCC(=O)O)c(F)c(OC[C@H](CCC(N)=O)NC(=O)OC(C)(C)C)c1. The first-order valence-electron chi connectivity index (χ1n) is 10.8. The van der Waals surface area contributed by atoms with E-state index >= 15 is 0 Å². The molecule has 0 saturated carbocycles. The second kappa shape index (κ2) is 14.3. The van der Waals surface area contributed by atoms with Crippen LogP contribution in [0.1, 0.15) is 71.4 Å². The molecule has 1 aromatic rings. The van der Waals surface area contributed by atoms with Crippen molar-refractivity contribution in [2.45, 2.75) is 85.3 Å². The number of aliphatic carboxylic acids is 1. The Kier molecular flexibility index (Phi) is 13.0. The van der Waals surface area contributed by atoms with E-state index in [-0.39, 0.29) is 38.0 Å². The van der Waals surface area contributed by atoms with E-state index in [0.717, 1.165) is 5.56 Å². The average Bonchev–Trinajstić information content (AvgIpc) is 2.66. The van der Waals surface area contributed by atoms with Crippen LogP contribution >= 0.6 is 0 Å². The number of hydrogen-bond donors (Lipinski definition) is 3. The highest BCUT2D eigenvalue weighted by Gasteiger charge is 2.21. The number of ether oxygens (including phenoxy) is 2. The highest BCUT2D eigenvalue weighted by Crippen LogP contribution is 2.25. The topological polar surface area (TPSA) is 128 Å². The summed E-state index contributed by atoms with van der Waals surface area (Å²) < 4.78 is 25.6. The molecule has 2 amide bonds. The zero-order chi connectivity index (χ0) is 24.9. The van der Waals surface area contributed by atoms with Gasteiger partial charge in [0.15, 0.2) is 11.6 Å². The van der Waals surface area contributed by atoms with Crippen molar-refractivity contribution < 1.29 is 33.4 Å². The number of benzene rings is 1. The first-order chi connectivity index (χ1) is 14.9. The van der Waals surface area contributed by atoms with Crippen molar-refractivity contribution >= 4 is 18.0 Å². The second-order valence-electron chi connectivity index (χ2n) is 8.14. The molecule has 0 fully saturated rings. The summed E-state index contributed by atoms with van der Waals surface area (Å²) in [5, 5.41) is 11.4. The van der Waals surface area contributed by atoms with Crippen LogP contribution in [0.5, 0.6) is 5.75 Å². The minimum absolute atomic E-state index is 0.00427. The van der Waals surface area contributed by atoms with E-state index in [4.69, 9.17) is 20.3 Å². The molecule has 0 saturated heterocycles. The van der Waals surface area contributed by atoms with Crippen molar-refractivity contribution in [1.29, 1.82) is 0 Å². The van der Waals surface area contributed by atoms with Gasteiger partial charge in [-0.05, 0) is 64.2 Å². The van der Waals surface area contributed by atoms with Gasteiger partial charge in [0.1, 0.15) is 12.2 Å². The van der Waals surface area contributed by atoms with E-state index in [1.165, 1.54) is 6.07 Å². The summed E-state index contributed by atoms with van der Waals surface area (Å²) in [6.07, 6.45) is 0.0420. The van der Waals surface area contributed by atoms with Gasteiger partial charge in [0.05, 0.1) is 6.04 Å². The molecule has 0 bridgehead atoms. The van der Waals surface area contributed by atoms with Gasteiger partial charge in [0.2, 0.25) is 5.91 Å². The average molecular weight is 457 g/mol. The van der Waals surface area contributed by atoms with E-state index in [2.05, 4.69) is 5.32 Å². The molecule has 0 aliphatic rings. The Bertz CT molecular complexity index is 762. The summed E-state index contributed by atoms with van der Waals surface area (Å²) in [6, 6.07) is 2.55. The summed E-state index contributed by atoms with van der Waals surface area (Å²) in [4.78, 5) is 33.8. The third-order valence-corrected chi connectivity index (χ3v) is 4.00. The summed E-state index contributed by atoms with van der Waals surface area (Å²) in [5.74, 6) is -2.05. The first-order valence-corrected chi connectivity index (χ1v) is 10.8. The van der Waals surface area contributed by atoms with E-state index in [0.29, 0.717) is 12.0 Å². The van der Waals surface area contributed by atoms with Gasteiger partial charge in [-0.15, -0.1) is 0 Å². The minimum atomic E-state index is -0.940. The van der Waals surface area contributed by atoms with Gasteiger partial charge >= 0.3 is 12.1 Å². The molecule has 0 unspecified atom stereocenters. The number of amides is 2. The Labute approximate surface area is 189 Å². The lowest BCUT2D eigenvalue weighted by Gasteiger charge is -2.24. The molecule has 0 aliphatic carbocycles. The van der Waals surface area contributed by atoms with Crippen LogP contribution in [-0.2, 0) is 20.7 Å². The predicted molar refractivity (Wildman–Crippen MR) is 120 cm³/mol. The zero-order valence-corrected chi connectivity index (χ0v) is 19.9. The van der Waals surface area contributed by atoms with Gasteiger partial charge in [0.25, 0.3) is 0 Å². The van der Waals surface area contributed by atoms with Crippen LogP contribution in [-0.4, -0.2) is 41.3 Å². The lowest BCUT2D eigenvalue weighted by molar-refractivity contribution is -0.137. The largest absolute Gasteiger partial charge is 0.488 e. The fourth-order valence-corrected chi connectivity index (χ4v) is 2.70. The molecule has 0 aliphatic heterocycles. The van der Waals surface area contributed by atoms with Crippen LogP contribution < -0.4 is 15.8 Å². The highest BCUT2D eigenvalue weighted by molar-refractivity contribution is 5.74. The number of carbonyl (C=O) groups excluding carboxylic acids is 2. The Morgan fingerprint density at radius 3 is 2.34 bits per heavy atom. The van der Waals surface area contributed by atoms with Gasteiger partial charge in [-0.3, -0.25) is 9.59 Å². The number of hydrogen-bond acceptors (Lipinski definition) is 5. The van der Waals surface area contributed by atoms with E-state index in [1.54, 1.807) is 33.8 Å². The maximum absolute atomic E-state index is 14.8. The normalized spacial score (nSPS) is 11.6. The second-order valence-corrected chi connectivity index (χ2v) is 8.14. The van der Waals surface area contributed by atoms with E-state index in [9.17, 15) is 18.8 Å². The van der Waals surface area contributed by atoms with Crippen molar-refractivity contribution in [2.75, 3.05) is 6.61 Å². The summed E-state index contributed by atoms with van der Waals surface area (Å²) >= 11 is 0. The smallest absolute Gasteiger partial charge is 0.407 e. The van der Waals surface area contributed by atoms with Gasteiger partial charge in [-0.2, -0.15) is 0 Å². The molecule has 1 atom stereocenters. The van der Waals surface area contributed by atoms with Crippen LogP contribution in [0, 0.1) is 12.7 Å². The molecule has 1 aromatic carbocycles. The molecule has 8 nitrogen and oxygen atoms in total. The molecule has 0 radical (unpaired) electrons. The Morgan fingerprint density at radius 2 is 1.81 bits per heavy atom. The molecule has 32 heavy (non-hydrogen) atoms. The highest BCUT2D eigenvalue weighted by atomic mass is 19.1. The molecular weight excluding hydrogens is 419 g/mol. The number of halogens is 1. The predicted octanol–water partition coefficient (Wildman–Crippen LogP) is 4.11. The number of nitrogens with one attached hydrogen (secondary N) is 1. The molecule has 0 spiro atoms. The third-order valence-electron chi connectivity index (χ3n) is 4.00. The summed E-state index contributed by atoms with van der Waals surface area (Å²) in [6.45, 7) is 10.8. The molecule has 182 valence electrons. The Balaban J connectivity index is 0.00000466. The first kappa shape index (κ1) is 29.2. The molecule has 0 aromatic heterocycles. The molecular formula is C23H37FN2O6. The van der Waals surface area contributed by atoms with Gasteiger partial charge < -0.3 is 25.6 Å². The van der Waals surface area contributed by atoms with Crippen molar-refractivity contribution in [3.63, 3.8) is 0 Å². The number of aryl methyl sites for hydroxylation is 2. The van der Waals surface area contributed by atoms with Crippen molar-refractivity contribution in [2.24, 2.45) is 5.73 Å². The fraction of sp³-hybridized carbons (Fsp3) is 0.609. The Morgan fingerprint density at radius 1 is 1.19 bits per heavy atom. The van der Waals surface area contributed by atoms with Crippen LogP contribution in [0.2, 0.25) is 0 Å². The molecule has 1 rings (SSSR count). The van der Waals surface area contributed by atoms with Gasteiger partial charge in [0, 0.05) is 12.8 Å². The maximum atomic E-state index is 14.8. The maximum Gasteiger partial charge on any atom is 0.407 e. The number of rotatable bonds is 11. The van der Waals surface area contributed by atoms with Crippen molar-refractivity contribution in [1.82, 2.24) is 5.32 Å². The quantitative estimate of drug-likeness (QED) is 0.460. The molecule has 0 heterocycles. The monoisotopic (exact) mass is 456 g/mol. The van der Waals surface area contributed by atoms with Crippen LogP contribution in [0.3, 0.4) is 0 Å². The fourth-order valence-electron chi connectivity index (χ4n) is 2.70. The lowest BCUT2D eigenvalue weighted by atomic mass is 10.0. The number of alkyl carbamates (subject to hydrolysis) is 1. The molecule has 9 heteroatoms. The minimum Gasteiger partial charge on any atom is -0.488 e. The standard InChI is InChI=1S/C21H31FN2O6.C2H6/c1-13-10-14(6-5-7-18(26)27)19(22)16(11-13)29-12-15(8-9-17(23)25)24-20(28)30-21(2,3)4;1-2/h10-11,15H,5-9,12H2,1-4H3,(H2,23,25)(H,24,28)(H,26,27);1-2H3/t15-;/m0./s1.